The normalized spacial score (nSPS) is 29.8. The second kappa shape index (κ2) is 5.09. The average Bonchev–Trinajstić information content (AvgIpc) is 2.68. The highest BCUT2D eigenvalue weighted by Crippen LogP contribution is 2.43. The summed E-state index contributed by atoms with van der Waals surface area (Å²) < 4.78 is 27.5. The quantitative estimate of drug-likeness (QED) is 0.877. The first kappa shape index (κ1) is 14.8. The topological polar surface area (TPSA) is 58.2 Å². The summed E-state index contributed by atoms with van der Waals surface area (Å²) >= 11 is 12.7. The standard InChI is InChI=1S/C9H10Cl2N2O2S2.ClH/c10-7-1-6(9(11)16-7)17(14,15)13-8-4-2-12-3-5(4)8;/h1,4-5,8,12-13H,2-3H2;1H. The van der Waals surface area contributed by atoms with Crippen LogP contribution in [0.25, 0.3) is 0 Å². The van der Waals surface area contributed by atoms with E-state index in [0.717, 1.165) is 24.4 Å². The summed E-state index contributed by atoms with van der Waals surface area (Å²) in [5.74, 6) is 0.857. The molecule has 2 atom stereocenters. The molecule has 102 valence electrons. The molecule has 4 nitrogen and oxygen atoms in total. The first-order valence-electron chi connectivity index (χ1n) is 5.17. The van der Waals surface area contributed by atoms with Crippen molar-refractivity contribution < 1.29 is 8.42 Å². The minimum absolute atomic E-state index is 0. The van der Waals surface area contributed by atoms with Crippen LogP contribution in [0.4, 0.5) is 0 Å². The van der Waals surface area contributed by atoms with E-state index in [1.165, 1.54) is 6.07 Å². The number of hydrogen-bond donors (Lipinski definition) is 2. The van der Waals surface area contributed by atoms with Crippen molar-refractivity contribution in [2.24, 2.45) is 11.8 Å². The molecule has 0 radical (unpaired) electrons. The largest absolute Gasteiger partial charge is 0.316 e. The van der Waals surface area contributed by atoms with Gasteiger partial charge in [-0.1, -0.05) is 23.2 Å². The van der Waals surface area contributed by atoms with E-state index < -0.39 is 10.0 Å². The van der Waals surface area contributed by atoms with E-state index in [1.54, 1.807) is 0 Å². The van der Waals surface area contributed by atoms with Gasteiger partial charge in [0.05, 0.1) is 4.34 Å². The Balaban J connectivity index is 0.00000120. The maximum Gasteiger partial charge on any atom is 0.243 e. The minimum atomic E-state index is -3.53. The van der Waals surface area contributed by atoms with E-state index in [9.17, 15) is 8.42 Å². The molecular weight excluding hydrogens is 339 g/mol. The van der Waals surface area contributed by atoms with Gasteiger partial charge in [-0.2, -0.15) is 0 Å². The molecule has 3 rings (SSSR count). The van der Waals surface area contributed by atoms with Crippen molar-refractivity contribution in [2.45, 2.75) is 10.9 Å². The van der Waals surface area contributed by atoms with E-state index >= 15 is 0 Å². The maximum atomic E-state index is 12.1. The molecule has 1 saturated heterocycles. The van der Waals surface area contributed by atoms with Gasteiger partial charge in [0, 0.05) is 6.04 Å². The molecular formula is C9H11Cl3N2O2S2. The van der Waals surface area contributed by atoms with Crippen LogP contribution in [0.3, 0.4) is 0 Å². The Labute approximate surface area is 126 Å². The van der Waals surface area contributed by atoms with Crippen molar-refractivity contribution >= 4 is 57.0 Å². The molecule has 2 unspecified atom stereocenters. The molecule has 2 fully saturated rings. The number of sulfonamides is 1. The van der Waals surface area contributed by atoms with Crippen molar-refractivity contribution in [2.75, 3.05) is 13.1 Å². The van der Waals surface area contributed by atoms with Crippen molar-refractivity contribution in [3.63, 3.8) is 0 Å². The van der Waals surface area contributed by atoms with E-state index in [1.807, 2.05) is 0 Å². The highest BCUT2D eigenvalue weighted by Gasteiger charge is 2.54. The van der Waals surface area contributed by atoms with Crippen LogP contribution in [-0.2, 0) is 10.0 Å². The van der Waals surface area contributed by atoms with Crippen LogP contribution in [0, 0.1) is 11.8 Å². The zero-order valence-corrected chi connectivity index (χ0v) is 13.0. The lowest BCUT2D eigenvalue weighted by molar-refractivity contribution is 0.565. The Morgan fingerprint density at radius 2 is 1.94 bits per heavy atom. The zero-order valence-electron chi connectivity index (χ0n) is 9.02. The van der Waals surface area contributed by atoms with Crippen LogP contribution in [-0.4, -0.2) is 27.5 Å². The molecule has 1 aromatic heterocycles. The second-order valence-corrected chi connectivity index (χ2v) is 8.29. The summed E-state index contributed by atoms with van der Waals surface area (Å²) in [5, 5.41) is 3.21. The van der Waals surface area contributed by atoms with Gasteiger partial charge in [0.1, 0.15) is 9.23 Å². The molecule has 1 aliphatic heterocycles. The Morgan fingerprint density at radius 1 is 1.33 bits per heavy atom. The summed E-state index contributed by atoms with van der Waals surface area (Å²) in [5.41, 5.74) is 0. The van der Waals surface area contributed by atoms with Crippen molar-refractivity contribution in [1.29, 1.82) is 0 Å². The summed E-state index contributed by atoms with van der Waals surface area (Å²) in [6.45, 7) is 1.77. The number of piperidine rings is 1. The highest BCUT2D eigenvalue weighted by atomic mass is 35.5. The first-order valence-corrected chi connectivity index (χ1v) is 8.22. The zero-order chi connectivity index (χ0) is 12.2. The van der Waals surface area contributed by atoms with E-state index in [-0.39, 0.29) is 27.7 Å². The number of thiophene rings is 1. The van der Waals surface area contributed by atoms with Crippen LogP contribution in [0.1, 0.15) is 0 Å². The van der Waals surface area contributed by atoms with E-state index in [0.29, 0.717) is 16.2 Å². The van der Waals surface area contributed by atoms with E-state index in [2.05, 4.69) is 10.0 Å². The van der Waals surface area contributed by atoms with Crippen LogP contribution in [0.2, 0.25) is 8.67 Å². The van der Waals surface area contributed by atoms with Gasteiger partial charge in [0.25, 0.3) is 0 Å². The lowest BCUT2D eigenvalue weighted by Crippen LogP contribution is -2.32. The average molecular weight is 350 g/mol. The molecule has 1 aromatic rings. The van der Waals surface area contributed by atoms with Crippen LogP contribution < -0.4 is 10.0 Å². The van der Waals surface area contributed by atoms with Gasteiger partial charge in [-0.05, 0) is 31.0 Å². The van der Waals surface area contributed by atoms with Crippen LogP contribution in [0.5, 0.6) is 0 Å². The van der Waals surface area contributed by atoms with Gasteiger partial charge in [0.2, 0.25) is 10.0 Å². The Bertz CT molecular complexity index is 550. The molecule has 18 heavy (non-hydrogen) atoms. The number of fused-ring (bicyclic) bond motifs is 1. The second-order valence-electron chi connectivity index (χ2n) is 4.32. The van der Waals surface area contributed by atoms with E-state index in [4.69, 9.17) is 23.2 Å². The first-order chi connectivity index (χ1) is 7.99. The third-order valence-electron chi connectivity index (χ3n) is 3.30. The molecule has 2 N–H and O–H groups in total. The van der Waals surface area contributed by atoms with Gasteiger partial charge in [0.15, 0.2) is 0 Å². The van der Waals surface area contributed by atoms with Gasteiger partial charge in [-0.3, -0.25) is 0 Å². The van der Waals surface area contributed by atoms with Crippen molar-refractivity contribution in [1.82, 2.24) is 10.0 Å². The highest BCUT2D eigenvalue weighted by molar-refractivity contribution is 7.89. The molecule has 1 saturated carbocycles. The van der Waals surface area contributed by atoms with Gasteiger partial charge in [-0.15, -0.1) is 23.7 Å². The molecule has 0 amide bonds. The van der Waals surface area contributed by atoms with Crippen LogP contribution in [0.15, 0.2) is 11.0 Å². The molecule has 2 heterocycles. The fraction of sp³-hybridized carbons (Fsp3) is 0.556. The Hall–Kier alpha value is 0.440. The SMILES string of the molecule is Cl.O=S(=O)(NC1C2CNCC21)c1cc(Cl)sc1Cl. The van der Waals surface area contributed by atoms with Crippen LogP contribution >= 0.6 is 46.9 Å². The third-order valence-corrected chi connectivity index (χ3v) is 6.51. The molecule has 0 aromatic carbocycles. The molecule has 2 aliphatic rings. The number of hydrogen-bond acceptors (Lipinski definition) is 4. The minimum Gasteiger partial charge on any atom is -0.316 e. The summed E-state index contributed by atoms with van der Waals surface area (Å²) in [7, 11) is -3.53. The maximum absolute atomic E-state index is 12.1. The molecule has 1 aliphatic carbocycles. The predicted octanol–water partition coefficient (Wildman–Crippen LogP) is 1.97. The smallest absolute Gasteiger partial charge is 0.243 e. The number of nitrogens with one attached hydrogen (secondary N) is 2. The monoisotopic (exact) mass is 348 g/mol. The Morgan fingerprint density at radius 3 is 2.44 bits per heavy atom. The molecule has 0 spiro atoms. The summed E-state index contributed by atoms with van der Waals surface area (Å²) in [4.78, 5) is 0.0899. The molecule has 9 heteroatoms. The van der Waals surface area contributed by atoms with Crippen molar-refractivity contribution in [3.05, 3.63) is 14.7 Å². The Kier molecular flexibility index (Phi) is 4.19. The van der Waals surface area contributed by atoms with Gasteiger partial charge in [-0.25, -0.2) is 13.1 Å². The fourth-order valence-corrected chi connectivity index (χ4v) is 5.83. The summed E-state index contributed by atoms with van der Waals surface area (Å²) in [6.07, 6.45) is 0. The van der Waals surface area contributed by atoms with Gasteiger partial charge < -0.3 is 5.32 Å². The fourth-order valence-electron chi connectivity index (χ4n) is 2.34. The van der Waals surface area contributed by atoms with Gasteiger partial charge >= 0.3 is 0 Å². The molecule has 0 bridgehead atoms. The van der Waals surface area contributed by atoms with Crippen molar-refractivity contribution in [3.8, 4) is 0 Å². The number of rotatable bonds is 3. The predicted molar refractivity (Wildman–Crippen MR) is 75.5 cm³/mol. The third kappa shape index (κ3) is 2.52. The summed E-state index contributed by atoms with van der Waals surface area (Å²) in [6, 6.07) is 1.45. The lowest BCUT2D eigenvalue weighted by atomic mass is 10.4. The number of halogens is 3. The lowest BCUT2D eigenvalue weighted by Gasteiger charge is -2.07.